The van der Waals surface area contributed by atoms with E-state index in [4.69, 9.17) is 10.5 Å². The molecule has 18 heavy (non-hydrogen) atoms. The van der Waals surface area contributed by atoms with Gasteiger partial charge in [-0.25, -0.2) is 4.98 Å². The lowest BCUT2D eigenvalue weighted by Crippen LogP contribution is -2.03. The summed E-state index contributed by atoms with van der Waals surface area (Å²) in [6, 6.07) is 5.91. The van der Waals surface area contributed by atoms with Gasteiger partial charge in [0, 0.05) is 15.4 Å². The maximum Gasteiger partial charge on any atom is 0.129 e. The number of rotatable bonds is 3. The number of hydrogen-bond donors (Lipinski definition) is 1. The predicted molar refractivity (Wildman–Crippen MR) is 79.1 cm³/mol. The van der Waals surface area contributed by atoms with Gasteiger partial charge in [0.25, 0.3) is 0 Å². The van der Waals surface area contributed by atoms with Crippen molar-refractivity contribution in [1.29, 1.82) is 0 Å². The van der Waals surface area contributed by atoms with Crippen LogP contribution in [0.15, 0.2) is 22.7 Å². The first-order chi connectivity index (χ1) is 8.52. The van der Waals surface area contributed by atoms with E-state index in [2.05, 4.69) is 20.9 Å². The van der Waals surface area contributed by atoms with Crippen molar-refractivity contribution >= 4 is 27.3 Å². The molecule has 0 aliphatic heterocycles. The van der Waals surface area contributed by atoms with Gasteiger partial charge in [-0.3, -0.25) is 0 Å². The summed E-state index contributed by atoms with van der Waals surface area (Å²) in [7, 11) is 1.67. The summed E-state index contributed by atoms with van der Waals surface area (Å²) in [5.41, 5.74) is 7.92. The number of nitrogens with two attached hydrogens (primary N) is 1. The van der Waals surface area contributed by atoms with Crippen molar-refractivity contribution in [2.75, 3.05) is 7.11 Å². The van der Waals surface area contributed by atoms with E-state index >= 15 is 0 Å². The number of benzene rings is 1. The minimum Gasteiger partial charge on any atom is -0.496 e. The number of hydrogen-bond acceptors (Lipinski definition) is 4. The number of ether oxygens (including phenoxy) is 1. The predicted octanol–water partition coefficient (Wildman–Crippen LogP) is 3.91. The first-order valence-corrected chi connectivity index (χ1v) is 7.20. The van der Waals surface area contributed by atoms with Gasteiger partial charge in [-0.2, -0.15) is 0 Å². The second-order valence-electron chi connectivity index (χ2n) is 4.10. The Hall–Kier alpha value is -0.910. The Morgan fingerprint density at radius 2 is 2.17 bits per heavy atom. The molecular weight excluding hydrogens is 312 g/mol. The molecule has 1 unspecified atom stereocenters. The first-order valence-electron chi connectivity index (χ1n) is 5.59. The van der Waals surface area contributed by atoms with Gasteiger partial charge in [0.2, 0.25) is 0 Å². The molecule has 1 aromatic heterocycles. The molecule has 5 heteroatoms. The highest BCUT2D eigenvalue weighted by Gasteiger charge is 2.15. The molecule has 1 heterocycles. The zero-order valence-corrected chi connectivity index (χ0v) is 12.9. The fourth-order valence-corrected chi connectivity index (χ4v) is 3.19. The Morgan fingerprint density at radius 1 is 1.44 bits per heavy atom. The molecule has 0 aliphatic rings. The Bertz CT molecular complexity index is 566. The molecule has 0 radical (unpaired) electrons. The molecule has 2 N–H and O–H groups in total. The maximum absolute atomic E-state index is 5.94. The van der Waals surface area contributed by atoms with Gasteiger partial charge in [-0.05, 0) is 32.0 Å². The Labute approximate surface area is 119 Å². The standard InChI is InChI=1S/C13H15BrN2OS/c1-7(15)12-8(2)16-13(18-12)10-6-9(14)4-5-11(10)17-3/h4-7H,15H2,1-3H3. The molecule has 2 aromatic rings. The molecule has 0 spiro atoms. The molecule has 96 valence electrons. The van der Waals surface area contributed by atoms with E-state index in [0.29, 0.717) is 0 Å². The largest absolute Gasteiger partial charge is 0.496 e. The quantitative estimate of drug-likeness (QED) is 0.930. The summed E-state index contributed by atoms with van der Waals surface area (Å²) in [6.45, 7) is 3.96. The lowest BCUT2D eigenvalue weighted by molar-refractivity contribution is 0.416. The fraction of sp³-hybridized carbons (Fsp3) is 0.308. The van der Waals surface area contributed by atoms with Gasteiger partial charge in [0.05, 0.1) is 18.4 Å². The van der Waals surface area contributed by atoms with E-state index in [1.54, 1.807) is 18.4 Å². The van der Waals surface area contributed by atoms with Crippen molar-refractivity contribution in [2.24, 2.45) is 5.73 Å². The topological polar surface area (TPSA) is 48.1 Å². The Balaban J connectivity index is 2.54. The first kappa shape index (κ1) is 13.5. The molecular formula is C13H15BrN2OS. The van der Waals surface area contributed by atoms with Gasteiger partial charge >= 0.3 is 0 Å². The van der Waals surface area contributed by atoms with Crippen molar-refractivity contribution < 1.29 is 4.74 Å². The zero-order chi connectivity index (χ0) is 13.3. The summed E-state index contributed by atoms with van der Waals surface area (Å²) in [4.78, 5) is 5.71. The SMILES string of the molecule is COc1ccc(Br)cc1-c1nc(C)c(C(C)N)s1. The Kier molecular flexibility index (Phi) is 4.04. The summed E-state index contributed by atoms with van der Waals surface area (Å²) in [6.07, 6.45) is 0. The second kappa shape index (κ2) is 5.38. The molecule has 1 aromatic carbocycles. The average Bonchev–Trinajstić information content (AvgIpc) is 2.71. The van der Waals surface area contributed by atoms with Crippen molar-refractivity contribution in [3.63, 3.8) is 0 Å². The van der Waals surface area contributed by atoms with Crippen LogP contribution in [0.1, 0.15) is 23.5 Å². The van der Waals surface area contributed by atoms with Gasteiger partial charge in [0.15, 0.2) is 0 Å². The summed E-state index contributed by atoms with van der Waals surface area (Å²) < 4.78 is 6.39. The van der Waals surface area contributed by atoms with E-state index < -0.39 is 0 Å². The number of aromatic nitrogens is 1. The van der Waals surface area contributed by atoms with Gasteiger partial charge in [0.1, 0.15) is 10.8 Å². The van der Waals surface area contributed by atoms with Crippen molar-refractivity contribution in [3.05, 3.63) is 33.2 Å². The normalized spacial score (nSPS) is 12.5. The molecule has 0 fully saturated rings. The molecule has 0 amide bonds. The minimum absolute atomic E-state index is 0.00870. The van der Waals surface area contributed by atoms with E-state index in [9.17, 15) is 0 Å². The van der Waals surface area contributed by atoms with E-state index in [1.807, 2.05) is 32.0 Å². The maximum atomic E-state index is 5.94. The van der Waals surface area contributed by atoms with Crippen LogP contribution in [0.5, 0.6) is 5.75 Å². The van der Waals surface area contributed by atoms with Crippen LogP contribution in [0.2, 0.25) is 0 Å². The zero-order valence-electron chi connectivity index (χ0n) is 10.5. The monoisotopic (exact) mass is 326 g/mol. The van der Waals surface area contributed by atoms with E-state index in [1.165, 1.54) is 0 Å². The fourth-order valence-electron chi connectivity index (χ4n) is 1.79. The number of halogens is 1. The summed E-state index contributed by atoms with van der Waals surface area (Å²) >= 11 is 5.10. The van der Waals surface area contributed by atoms with Crippen LogP contribution in [-0.4, -0.2) is 12.1 Å². The van der Waals surface area contributed by atoms with Crippen molar-refractivity contribution in [1.82, 2.24) is 4.98 Å². The van der Waals surface area contributed by atoms with Gasteiger partial charge in [-0.1, -0.05) is 15.9 Å². The molecule has 3 nitrogen and oxygen atoms in total. The van der Waals surface area contributed by atoms with Crippen LogP contribution < -0.4 is 10.5 Å². The van der Waals surface area contributed by atoms with E-state index in [-0.39, 0.29) is 6.04 Å². The number of methoxy groups -OCH3 is 1. The average molecular weight is 327 g/mol. The van der Waals surface area contributed by atoms with Gasteiger partial charge in [-0.15, -0.1) is 11.3 Å². The highest BCUT2D eigenvalue weighted by Crippen LogP contribution is 2.37. The third kappa shape index (κ3) is 2.58. The Morgan fingerprint density at radius 3 is 2.72 bits per heavy atom. The van der Waals surface area contributed by atoms with Crippen molar-refractivity contribution in [3.8, 4) is 16.3 Å². The number of aryl methyl sites for hydroxylation is 1. The summed E-state index contributed by atoms with van der Waals surface area (Å²) in [5.74, 6) is 0.822. The molecule has 0 bridgehead atoms. The summed E-state index contributed by atoms with van der Waals surface area (Å²) in [5, 5.41) is 0.943. The molecule has 2 rings (SSSR count). The van der Waals surface area contributed by atoms with Crippen LogP contribution in [0.3, 0.4) is 0 Å². The lowest BCUT2D eigenvalue weighted by atomic mass is 10.2. The number of nitrogens with zero attached hydrogens (tertiary/aromatic N) is 1. The van der Waals surface area contributed by atoms with Crippen LogP contribution >= 0.6 is 27.3 Å². The molecule has 0 aliphatic carbocycles. The molecule has 0 saturated carbocycles. The minimum atomic E-state index is 0.00870. The molecule has 1 atom stereocenters. The van der Waals surface area contributed by atoms with Crippen LogP contribution in [0.4, 0.5) is 0 Å². The van der Waals surface area contributed by atoms with Gasteiger partial charge < -0.3 is 10.5 Å². The second-order valence-corrected chi connectivity index (χ2v) is 6.05. The van der Waals surface area contributed by atoms with E-state index in [0.717, 1.165) is 31.4 Å². The van der Waals surface area contributed by atoms with Crippen molar-refractivity contribution in [2.45, 2.75) is 19.9 Å². The van der Waals surface area contributed by atoms with Crippen LogP contribution in [-0.2, 0) is 0 Å². The molecule has 0 saturated heterocycles. The highest BCUT2D eigenvalue weighted by atomic mass is 79.9. The van der Waals surface area contributed by atoms with Crippen LogP contribution in [0.25, 0.3) is 10.6 Å². The lowest BCUT2D eigenvalue weighted by Gasteiger charge is -2.06. The van der Waals surface area contributed by atoms with Crippen LogP contribution in [0, 0.1) is 6.92 Å². The smallest absolute Gasteiger partial charge is 0.129 e. The third-order valence-corrected chi connectivity index (χ3v) is 4.52. The third-order valence-electron chi connectivity index (χ3n) is 2.64. The highest BCUT2D eigenvalue weighted by molar-refractivity contribution is 9.10. The number of thiazole rings is 1.